The fraction of sp³-hybridized carbons (Fsp3) is 0.438. The number of carbonyl (C=O) groups excluding carboxylic acids is 3. The second kappa shape index (κ2) is 5.48. The Labute approximate surface area is 137 Å². The Bertz CT molecular complexity index is 747. The summed E-state index contributed by atoms with van der Waals surface area (Å²) in [5.74, 6) is -0.440. The number of aliphatic hydroxyl groups excluding tert-OH is 1. The number of imide groups is 1. The third-order valence-corrected chi connectivity index (χ3v) is 4.64. The molecule has 4 rings (SSSR count). The van der Waals surface area contributed by atoms with Crippen LogP contribution in [0.15, 0.2) is 12.1 Å². The van der Waals surface area contributed by atoms with E-state index in [9.17, 15) is 19.5 Å². The third-order valence-electron chi connectivity index (χ3n) is 4.64. The van der Waals surface area contributed by atoms with E-state index in [0.29, 0.717) is 30.8 Å². The molecule has 0 aliphatic carbocycles. The molecular weight excluding hydrogens is 314 g/mol. The summed E-state index contributed by atoms with van der Waals surface area (Å²) in [6.07, 6.45) is 0.222. The van der Waals surface area contributed by atoms with Crippen molar-refractivity contribution in [2.45, 2.75) is 31.5 Å². The summed E-state index contributed by atoms with van der Waals surface area (Å²) in [5.41, 5.74) is 2.09. The van der Waals surface area contributed by atoms with Gasteiger partial charge in [-0.05, 0) is 24.1 Å². The molecule has 8 nitrogen and oxygen atoms in total. The highest BCUT2D eigenvalue weighted by molar-refractivity contribution is 6.05. The summed E-state index contributed by atoms with van der Waals surface area (Å²) >= 11 is 0. The number of anilines is 1. The number of nitrogens with one attached hydrogen (secondary N) is 2. The van der Waals surface area contributed by atoms with Crippen LogP contribution in [0.2, 0.25) is 0 Å². The number of piperidine rings is 1. The Hall–Kier alpha value is -2.61. The van der Waals surface area contributed by atoms with Gasteiger partial charge in [-0.3, -0.25) is 19.7 Å². The molecule has 1 aromatic carbocycles. The van der Waals surface area contributed by atoms with Crippen LogP contribution in [0.4, 0.5) is 5.69 Å². The third kappa shape index (κ3) is 2.30. The largest absolute Gasteiger partial charge is 0.484 e. The first kappa shape index (κ1) is 14.9. The predicted molar refractivity (Wildman–Crippen MR) is 82.5 cm³/mol. The second-order valence-electron chi connectivity index (χ2n) is 6.21. The summed E-state index contributed by atoms with van der Waals surface area (Å²) in [7, 11) is 0. The van der Waals surface area contributed by atoms with Crippen molar-refractivity contribution in [1.29, 1.82) is 0 Å². The van der Waals surface area contributed by atoms with Gasteiger partial charge in [-0.1, -0.05) is 0 Å². The van der Waals surface area contributed by atoms with Crippen LogP contribution in [0.5, 0.6) is 5.75 Å². The number of hydrogen-bond acceptors (Lipinski definition) is 6. The molecule has 8 heteroatoms. The van der Waals surface area contributed by atoms with E-state index < -0.39 is 11.9 Å². The van der Waals surface area contributed by atoms with Crippen molar-refractivity contribution in [2.24, 2.45) is 0 Å². The Morgan fingerprint density at radius 2 is 2.12 bits per heavy atom. The molecule has 0 bridgehead atoms. The maximum Gasteiger partial charge on any atom is 0.255 e. The lowest BCUT2D eigenvalue weighted by atomic mass is 10.0. The molecular formula is C16H17N3O5. The lowest BCUT2D eigenvalue weighted by molar-refractivity contribution is -0.136. The Morgan fingerprint density at radius 1 is 1.29 bits per heavy atom. The van der Waals surface area contributed by atoms with Gasteiger partial charge in [-0.25, -0.2) is 0 Å². The number of fused-ring (bicyclic) bond motifs is 2. The lowest BCUT2D eigenvalue weighted by Gasteiger charge is -2.29. The summed E-state index contributed by atoms with van der Waals surface area (Å²) in [6, 6.07) is 2.88. The molecule has 3 aliphatic heterocycles. The van der Waals surface area contributed by atoms with Gasteiger partial charge in [0, 0.05) is 18.5 Å². The Balaban J connectivity index is 1.61. The van der Waals surface area contributed by atoms with Crippen LogP contribution in [0, 0.1) is 0 Å². The highest BCUT2D eigenvalue weighted by atomic mass is 16.5. The quantitative estimate of drug-likeness (QED) is 0.637. The fourth-order valence-corrected chi connectivity index (χ4v) is 3.38. The molecule has 0 aromatic heterocycles. The highest BCUT2D eigenvalue weighted by Gasteiger charge is 2.40. The zero-order chi connectivity index (χ0) is 16.8. The van der Waals surface area contributed by atoms with E-state index in [1.807, 2.05) is 6.07 Å². The molecule has 0 radical (unpaired) electrons. The number of benzene rings is 1. The van der Waals surface area contributed by atoms with E-state index in [4.69, 9.17) is 4.74 Å². The van der Waals surface area contributed by atoms with Crippen molar-refractivity contribution < 1.29 is 24.2 Å². The van der Waals surface area contributed by atoms with Crippen molar-refractivity contribution in [3.05, 3.63) is 23.3 Å². The number of amides is 3. The van der Waals surface area contributed by atoms with Crippen molar-refractivity contribution in [3.8, 4) is 5.75 Å². The zero-order valence-electron chi connectivity index (χ0n) is 12.9. The van der Waals surface area contributed by atoms with E-state index in [1.54, 1.807) is 6.07 Å². The maximum atomic E-state index is 12.7. The fourth-order valence-electron chi connectivity index (χ4n) is 3.38. The molecule has 3 aliphatic rings. The van der Waals surface area contributed by atoms with Gasteiger partial charge in [0.05, 0.1) is 18.8 Å². The molecule has 2 atom stereocenters. The van der Waals surface area contributed by atoms with Gasteiger partial charge in [0.2, 0.25) is 11.8 Å². The Kier molecular flexibility index (Phi) is 3.42. The molecule has 1 fully saturated rings. The minimum absolute atomic E-state index is 0.111. The molecule has 0 unspecified atom stereocenters. The first-order valence-electron chi connectivity index (χ1n) is 7.90. The molecule has 1 aromatic rings. The average Bonchev–Trinajstić information content (AvgIpc) is 2.88. The SMILES string of the molecule is O=C1CC[C@H](N2Cc3cc4c(cc3C2=O)O[C@H](CO)CN4)C(=O)N1. The van der Waals surface area contributed by atoms with E-state index in [-0.39, 0.29) is 30.9 Å². The van der Waals surface area contributed by atoms with Crippen LogP contribution in [-0.2, 0) is 16.1 Å². The normalized spacial score (nSPS) is 25.5. The number of ether oxygens (including phenoxy) is 1. The Morgan fingerprint density at radius 3 is 2.88 bits per heavy atom. The molecule has 126 valence electrons. The molecule has 3 amide bonds. The van der Waals surface area contributed by atoms with E-state index in [2.05, 4.69) is 10.6 Å². The number of aliphatic hydroxyl groups is 1. The first-order valence-corrected chi connectivity index (χ1v) is 7.90. The predicted octanol–water partition coefficient (Wildman–Crippen LogP) is -0.387. The topological polar surface area (TPSA) is 108 Å². The van der Waals surface area contributed by atoms with Gasteiger partial charge in [-0.2, -0.15) is 0 Å². The van der Waals surface area contributed by atoms with Crippen LogP contribution in [-0.4, -0.2) is 53.0 Å². The monoisotopic (exact) mass is 331 g/mol. The van der Waals surface area contributed by atoms with Gasteiger partial charge in [-0.15, -0.1) is 0 Å². The van der Waals surface area contributed by atoms with Gasteiger partial charge >= 0.3 is 0 Å². The zero-order valence-corrected chi connectivity index (χ0v) is 12.9. The summed E-state index contributed by atoms with van der Waals surface area (Å²) < 4.78 is 5.66. The van der Waals surface area contributed by atoms with Crippen LogP contribution in [0.3, 0.4) is 0 Å². The maximum absolute atomic E-state index is 12.7. The molecule has 0 spiro atoms. The van der Waals surface area contributed by atoms with Crippen molar-refractivity contribution in [1.82, 2.24) is 10.2 Å². The minimum Gasteiger partial charge on any atom is -0.484 e. The number of carbonyl (C=O) groups is 3. The van der Waals surface area contributed by atoms with E-state index in [0.717, 1.165) is 11.3 Å². The van der Waals surface area contributed by atoms with Gasteiger partial charge in [0.1, 0.15) is 17.9 Å². The van der Waals surface area contributed by atoms with Crippen molar-refractivity contribution in [3.63, 3.8) is 0 Å². The first-order chi connectivity index (χ1) is 11.6. The molecule has 1 saturated heterocycles. The van der Waals surface area contributed by atoms with E-state index >= 15 is 0 Å². The smallest absolute Gasteiger partial charge is 0.255 e. The van der Waals surface area contributed by atoms with Gasteiger partial charge in [0.25, 0.3) is 5.91 Å². The summed E-state index contributed by atoms with van der Waals surface area (Å²) in [5, 5.41) is 14.7. The summed E-state index contributed by atoms with van der Waals surface area (Å²) in [4.78, 5) is 37.5. The van der Waals surface area contributed by atoms with Crippen LogP contribution in [0.25, 0.3) is 0 Å². The van der Waals surface area contributed by atoms with Crippen LogP contribution >= 0.6 is 0 Å². The highest BCUT2D eigenvalue weighted by Crippen LogP contribution is 2.37. The number of nitrogens with zero attached hydrogens (tertiary/aromatic N) is 1. The summed E-state index contributed by atoms with van der Waals surface area (Å²) in [6.45, 7) is 0.714. The molecule has 24 heavy (non-hydrogen) atoms. The van der Waals surface area contributed by atoms with E-state index in [1.165, 1.54) is 4.90 Å². The number of rotatable bonds is 2. The molecule has 3 heterocycles. The van der Waals surface area contributed by atoms with Crippen molar-refractivity contribution in [2.75, 3.05) is 18.5 Å². The average molecular weight is 331 g/mol. The van der Waals surface area contributed by atoms with Crippen molar-refractivity contribution >= 4 is 23.4 Å². The standard InChI is InChI=1S/C16H17N3O5/c20-7-9-5-17-11-3-8-6-19(12-1-2-14(21)18-15(12)22)16(23)10(8)4-13(11)24-9/h3-4,9,12,17,20H,1-2,5-7H2,(H,18,21,22)/t9-,12-/m0/s1. The molecule has 3 N–H and O–H groups in total. The van der Waals surface area contributed by atoms with Crippen LogP contribution in [0.1, 0.15) is 28.8 Å². The van der Waals surface area contributed by atoms with Crippen LogP contribution < -0.4 is 15.4 Å². The molecule has 0 saturated carbocycles. The van der Waals surface area contributed by atoms with Gasteiger partial charge < -0.3 is 20.1 Å². The minimum atomic E-state index is -0.626. The van der Waals surface area contributed by atoms with Gasteiger partial charge in [0.15, 0.2) is 0 Å². The number of hydrogen-bond donors (Lipinski definition) is 3. The second-order valence-corrected chi connectivity index (χ2v) is 6.21. The lowest BCUT2D eigenvalue weighted by Crippen LogP contribution is -2.52.